The zero-order chi connectivity index (χ0) is 27.4. The highest BCUT2D eigenvalue weighted by molar-refractivity contribution is 5.94. The number of likely N-dealkylation sites (tertiary alicyclic amines) is 1. The molecule has 2 rings (SSSR count). The number of carbonyl (C=O) groups is 3. The molecular formula is C32H44N2O4. The van der Waals surface area contributed by atoms with Crippen molar-refractivity contribution < 1.29 is 19.1 Å². The van der Waals surface area contributed by atoms with Crippen LogP contribution in [-0.2, 0) is 19.1 Å². The van der Waals surface area contributed by atoms with Crippen molar-refractivity contribution in [2.45, 2.75) is 64.3 Å². The zero-order valence-electron chi connectivity index (χ0n) is 23.0. The summed E-state index contributed by atoms with van der Waals surface area (Å²) < 4.78 is 4.47. The lowest BCUT2D eigenvalue weighted by Gasteiger charge is -2.19. The summed E-state index contributed by atoms with van der Waals surface area (Å²) in [5.41, 5.74) is 0. The summed E-state index contributed by atoms with van der Waals surface area (Å²) in [6, 6.07) is 0.0946. The molecule has 0 aromatic heterocycles. The number of methoxy groups -OCH3 is 1. The number of nitrogens with zero attached hydrogens (tertiary/aromatic N) is 1. The molecule has 0 aromatic rings. The molecule has 0 spiro atoms. The van der Waals surface area contributed by atoms with Crippen LogP contribution in [-0.4, -0.2) is 48.9 Å². The average Bonchev–Trinajstić information content (AvgIpc) is 3.33. The molecular weight excluding hydrogens is 476 g/mol. The van der Waals surface area contributed by atoms with Crippen LogP contribution in [0.5, 0.6) is 0 Å². The Bertz CT molecular complexity index is 943. The van der Waals surface area contributed by atoms with E-state index in [1.807, 2.05) is 4.90 Å². The number of nitrogens with one attached hydrogen (secondary N) is 1. The fourth-order valence-corrected chi connectivity index (χ4v) is 4.37. The Balaban J connectivity index is 1.46. The van der Waals surface area contributed by atoms with Crippen LogP contribution in [0, 0.1) is 11.8 Å². The summed E-state index contributed by atoms with van der Waals surface area (Å²) in [6.45, 7) is 3.53. The first-order chi connectivity index (χ1) is 18.6. The van der Waals surface area contributed by atoms with E-state index < -0.39 is 5.97 Å². The first-order valence-electron chi connectivity index (χ1n) is 13.8. The van der Waals surface area contributed by atoms with Gasteiger partial charge in [0.05, 0.1) is 7.11 Å². The summed E-state index contributed by atoms with van der Waals surface area (Å²) in [5, 5.41) is 2.90. The minimum Gasteiger partial charge on any atom is -0.466 e. The smallest absolute Gasteiger partial charge is 0.330 e. The van der Waals surface area contributed by atoms with Gasteiger partial charge in [0.25, 0.3) is 0 Å². The van der Waals surface area contributed by atoms with Gasteiger partial charge in [-0.15, -0.1) is 0 Å². The number of piperidine rings is 1. The van der Waals surface area contributed by atoms with Crippen molar-refractivity contribution in [3.8, 4) is 0 Å². The Morgan fingerprint density at radius 1 is 0.737 bits per heavy atom. The van der Waals surface area contributed by atoms with E-state index in [2.05, 4.69) is 89.9 Å². The van der Waals surface area contributed by atoms with Gasteiger partial charge in [0.1, 0.15) is 0 Å². The Morgan fingerprint density at radius 3 is 1.68 bits per heavy atom. The lowest BCUT2D eigenvalue weighted by atomic mass is 10.2. The van der Waals surface area contributed by atoms with Gasteiger partial charge in [-0.1, -0.05) is 79.8 Å². The molecule has 206 valence electrons. The molecule has 1 saturated carbocycles. The molecule has 2 amide bonds. The molecule has 1 N–H and O–H groups in total. The molecule has 0 bridgehead atoms. The number of carbonyl (C=O) groups excluding carboxylic acids is 3. The molecule has 2 fully saturated rings. The third-order valence-electron chi connectivity index (χ3n) is 6.55. The normalized spacial score (nSPS) is 21.3. The van der Waals surface area contributed by atoms with E-state index in [9.17, 15) is 14.4 Å². The molecule has 1 heterocycles. The van der Waals surface area contributed by atoms with E-state index in [-0.39, 0.29) is 17.9 Å². The Labute approximate surface area is 228 Å². The van der Waals surface area contributed by atoms with Crippen molar-refractivity contribution in [2.24, 2.45) is 11.8 Å². The molecule has 1 aliphatic carbocycles. The second-order valence-corrected chi connectivity index (χ2v) is 9.47. The molecule has 38 heavy (non-hydrogen) atoms. The van der Waals surface area contributed by atoms with Crippen molar-refractivity contribution in [2.75, 3.05) is 20.2 Å². The predicted molar refractivity (Wildman–Crippen MR) is 154 cm³/mol. The molecule has 1 aliphatic heterocycles. The van der Waals surface area contributed by atoms with Gasteiger partial charge in [-0.2, -0.15) is 0 Å². The van der Waals surface area contributed by atoms with Crippen LogP contribution >= 0.6 is 0 Å². The van der Waals surface area contributed by atoms with E-state index in [1.54, 1.807) is 0 Å². The van der Waals surface area contributed by atoms with Crippen molar-refractivity contribution in [3.63, 3.8) is 0 Å². The van der Waals surface area contributed by atoms with E-state index in [1.165, 1.54) is 13.2 Å². The highest BCUT2D eigenvalue weighted by atomic mass is 16.5. The maximum Gasteiger partial charge on any atom is 0.330 e. The summed E-state index contributed by atoms with van der Waals surface area (Å²) in [7, 11) is 1.27. The Hall–Kier alpha value is -3.41. The topological polar surface area (TPSA) is 75.7 Å². The van der Waals surface area contributed by atoms with Gasteiger partial charge in [0.15, 0.2) is 0 Å². The third kappa shape index (κ3) is 12.7. The second kappa shape index (κ2) is 18.8. The standard InChI is InChI=1S/C32H44N2O4/c1-3-4-5-6-7-8-9-10-11-12-13-14-15-16-17-18-19-20-21-22-30(36)34-25-27-28(26-34)32(27)33-29(35)23-24-31(37)38-2/h4-5,7-8,10-11,13-14,16-17,19-20,23-24,27-28,32H,3,6,9,12,15,18,21-22,25-26H2,1-2H3,(H,33,35). The maximum atomic E-state index is 12.4. The summed E-state index contributed by atoms with van der Waals surface area (Å²) >= 11 is 0. The molecule has 2 unspecified atom stereocenters. The molecule has 1 saturated heterocycles. The summed E-state index contributed by atoms with van der Waals surface area (Å²) in [6.07, 6.45) is 35.5. The number of hydrogen-bond acceptors (Lipinski definition) is 4. The predicted octanol–water partition coefficient (Wildman–Crippen LogP) is 5.77. The van der Waals surface area contributed by atoms with E-state index in [4.69, 9.17) is 0 Å². The number of esters is 1. The molecule has 0 aromatic carbocycles. The van der Waals surface area contributed by atoms with Gasteiger partial charge in [0.2, 0.25) is 11.8 Å². The van der Waals surface area contributed by atoms with Crippen LogP contribution in [0.3, 0.4) is 0 Å². The van der Waals surface area contributed by atoms with Crippen molar-refractivity contribution in [1.29, 1.82) is 0 Å². The van der Waals surface area contributed by atoms with E-state index in [0.717, 1.165) is 51.0 Å². The van der Waals surface area contributed by atoms with Gasteiger partial charge in [0, 0.05) is 49.5 Å². The lowest BCUT2D eigenvalue weighted by molar-refractivity contribution is -0.135. The van der Waals surface area contributed by atoms with Crippen LogP contribution < -0.4 is 5.32 Å². The minimum atomic E-state index is -0.556. The van der Waals surface area contributed by atoms with Crippen molar-refractivity contribution in [1.82, 2.24) is 10.2 Å². The van der Waals surface area contributed by atoms with Crippen LogP contribution in [0.15, 0.2) is 85.1 Å². The number of hydrogen-bond donors (Lipinski definition) is 1. The first kappa shape index (κ1) is 30.8. The number of rotatable bonds is 17. The number of fused-ring (bicyclic) bond motifs is 1. The fourth-order valence-electron chi connectivity index (χ4n) is 4.37. The molecule has 6 heteroatoms. The maximum absolute atomic E-state index is 12.4. The van der Waals surface area contributed by atoms with Crippen LogP contribution in [0.1, 0.15) is 58.3 Å². The lowest BCUT2D eigenvalue weighted by Crippen LogP contribution is -2.36. The number of allylic oxidation sites excluding steroid dienone is 12. The van der Waals surface area contributed by atoms with Gasteiger partial charge in [-0.3, -0.25) is 9.59 Å². The van der Waals surface area contributed by atoms with Crippen LogP contribution in [0.4, 0.5) is 0 Å². The summed E-state index contributed by atoms with van der Waals surface area (Å²) in [5.74, 6) is -0.0434. The van der Waals surface area contributed by atoms with Crippen LogP contribution in [0.25, 0.3) is 0 Å². The number of ether oxygens (including phenoxy) is 1. The average molecular weight is 521 g/mol. The third-order valence-corrected chi connectivity index (χ3v) is 6.55. The van der Waals surface area contributed by atoms with Gasteiger partial charge in [-0.05, 0) is 44.9 Å². The quantitative estimate of drug-likeness (QED) is 0.150. The molecule has 6 nitrogen and oxygen atoms in total. The SMILES string of the molecule is CCC=CCC=CCC=CCC=CCC=CCC=CCCC(=O)N1CC2C(C1)C2NC(=O)C=CC(=O)OC. The second-order valence-electron chi connectivity index (χ2n) is 9.47. The first-order valence-corrected chi connectivity index (χ1v) is 13.8. The fraction of sp³-hybridized carbons (Fsp3) is 0.469. The minimum absolute atomic E-state index is 0.0946. The Kier molecular flexibility index (Phi) is 15.2. The zero-order valence-corrected chi connectivity index (χ0v) is 23.0. The Morgan fingerprint density at radius 2 is 1.21 bits per heavy atom. The van der Waals surface area contributed by atoms with Gasteiger partial charge in [-0.25, -0.2) is 4.79 Å². The highest BCUT2D eigenvalue weighted by Gasteiger charge is 2.57. The van der Waals surface area contributed by atoms with Gasteiger partial charge < -0.3 is 15.0 Å². The number of amides is 2. The largest absolute Gasteiger partial charge is 0.466 e. The van der Waals surface area contributed by atoms with Crippen molar-refractivity contribution in [3.05, 3.63) is 85.1 Å². The van der Waals surface area contributed by atoms with Gasteiger partial charge >= 0.3 is 5.97 Å². The summed E-state index contributed by atoms with van der Waals surface area (Å²) in [4.78, 5) is 37.3. The monoisotopic (exact) mass is 520 g/mol. The van der Waals surface area contributed by atoms with E-state index >= 15 is 0 Å². The van der Waals surface area contributed by atoms with Crippen LogP contribution in [0.2, 0.25) is 0 Å². The highest BCUT2D eigenvalue weighted by Crippen LogP contribution is 2.45. The van der Waals surface area contributed by atoms with E-state index in [0.29, 0.717) is 31.3 Å². The molecule has 2 atom stereocenters. The molecule has 2 aliphatic rings. The molecule has 0 radical (unpaired) electrons. The van der Waals surface area contributed by atoms with Crippen molar-refractivity contribution >= 4 is 17.8 Å².